The summed E-state index contributed by atoms with van der Waals surface area (Å²) in [5.74, 6) is -1.09. The lowest BCUT2D eigenvalue weighted by atomic mass is 9.91. The number of piperidine rings is 1. The van der Waals surface area contributed by atoms with Gasteiger partial charge in [-0.2, -0.15) is 0 Å². The normalized spacial score (nSPS) is 23.0. The molecule has 1 aliphatic rings. The first-order valence-electron chi connectivity index (χ1n) is 7.72. The summed E-state index contributed by atoms with van der Waals surface area (Å²) in [7, 11) is 0. The zero-order valence-electron chi connectivity index (χ0n) is 13.4. The zero-order chi connectivity index (χ0) is 16.3. The Morgan fingerprint density at radius 1 is 1.32 bits per heavy atom. The highest BCUT2D eigenvalue weighted by molar-refractivity contribution is 5.77. The lowest BCUT2D eigenvalue weighted by Crippen LogP contribution is -2.49. The van der Waals surface area contributed by atoms with Crippen LogP contribution in [0.3, 0.4) is 0 Å². The minimum absolute atomic E-state index is 0.103. The van der Waals surface area contributed by atoms with Crippen molar-refractivity contribution in [2.45, 2.75) is 33.2 Å². The maximum Gasteiger partial charge on any atom is 0.317 e. The van der Waals surface area contributed by atoms with Gasteiger partial charge in [-0.15, -0.1) is 0 Å². The minimum atomic E-state index is -0.823. The topological polar surface area (TPSA) is 69.6 Å². The van der Waals surface area contributed by atoms with E-state index in [2.05, 4.69) is 5.32 Å². The van der Waals surface area contributed by atoms with E-state index in [0.29, 0.717) is 13.0 Å². The van der Waals surface area contributed by atoms with Crippen LogP contribution in [0.2, 0.25) is 0 Å². The molecule has 5 nitrogen and oxygen atoms in total. The van der Waals surface area contributed by atoms with Gasteiger partial charge >= 0.3 is 12.0 Å². The van der Waals surface area contributed by atoms with Crippen molar-refractivity contribution < 1.29 is 14.7 Å². The van der Waals surface area contributed by atoms with Crippen molar-refractivity contribution in [3.8, 4) is 0 Å². The highest BCUT2D eigenvalue weighted by Crippen LogP contribution is 2.23. The van der Waals surface area contributed by atoms with Crippen molar-refractivity contribution in [2.75, 3.05) is 13.1 Å². The van der Waals surface area contributed by atoms with Crippen LogP contribution in [0.4, 0.5) is 4.79 Å². The molecule has 22 heavy (non-hydrogen) atoms. The molecule has 3 unspecified atom stereocenters. The van der Waals surface area contributed by atoms with Crippen molar-refractivity contribution in [3.05, 3.63) is 35.4 Å². The Morgan fingerprint density at radius 2 is 2.00 bits per heavy atom. The number of carbonyl (C=O) groups excluding carboxylic acids is 1. The van der Waals surface area contributed by atoms with E-state index in [4.69, 9.17) is 0 Å². The Balaban J connectivity index is 2.02. The van der Waals surface area contributed by atoms with Crippen molar-refractivity contribution >= 4 is 12.0 Å². The quantitative estimate of drug-likeness (QED) is 0.902. The molecule has 3 atom stereocenters. The molecule has 5 heteroatoms. The van der Waals surface area contributed by atoms with E-state index in [1.165, 1.54) is 0 Å². The van der Waals surface area contributed by atoms with Gasteiger partial charge in [0.1, 0.15) is 0 Å². The Hall–Kier alpha value is -2.04. The van der Waals surface area contributed by atoms with Crippen LogP contribution in [0, 0.1) is 18.8 Å². The predicted octanol–water partition coefficient (Wildman–Crippen LogP) is 2.81. The summed E-state index contributed by atoms with van der Waals surface area (Å²) in [5.41, 5.74) is 2.21. The van der Waals surface area contributed by atoms with Gasteiger partial charge in [0.25, 0.3) is 0 Å². The van der Waals surface area contributed by atoms with Crippen molar-refractivity contribution in [1.29, 1.82) is 0 Å². The summed E-state index contributed by atoms with van der Waals surface area (Å²) in [5, 5.41) is 12.2. The molecule has 1 heterocycles. The average molecular weight is 304 g/mol. The third-order valence-electron chi connectivity index (χ3n) is 4.29. The fraction of sp³-hybridized carbons (Fsp3) is 0.529. The summed E-state index contributed by atoms with van der Waals surface area (Å²) in [4.78, 5) is 25.3. The smallest absolute Gasteiger partial charge is 0.317 e. The van der Waals surface area contributed by atoms with Gasteiger partial charge in [0, 0.05) is 13.1 Å². The number of hydrogen-bond acceptors (Lipinski definition) is 2. The summed E-state index contributed by atoms with van der Waals surface area (Å²) >= 11 is 0. The molecule has 1 aliphatic heterocycles. The number of urea groups is 1. The molecule has 1 aromatic carbocycles. The van der Waals surface area contributed by atoms with E-state index in [0.717, 1.165) is 11.1 Å². The summed E-state index contributed by atoms with van der Waals surface area (Å²) in [6.45, 7) is 6.84. The van der Waals surface area contributed by atoms with Crippen LogP contribution in [-0.2, 0) is 4.79 Å². The second kappa shape index (κ2) is 6.81. The number of carboxylic acid groups (broad SMARTS) is 1. The maximum absolute atomic E-state index is 12.4. The van der Waals surface area contributed by atoms with Gasteiger partial charge in [-0.1, -0.05) is 31.2 Å². The number of carbonyl (C=O) groups is 2. The van der Waals surface area contributed by atoms with Gasteiger partial charge in [-0.3, -0.25) is 4.79 Å². The fourth-order valence-corrected chi connectivity index (χ4v) is 3.12. The highest BCUT2D eigenvalue weighted by atomic mass is 16.4. The number of aliphatic carboxylic acids is 1. The van der Waals surface area contributed by atoms with Gasteiger partial charge in [-0.25, -0.2) is 4.79 Å². The summed E-state index contributed by atoms with van der Waals surface area (Å²) in [6, 6.07) is 7.65. The van der Waals surface area contributed by atoms with Gasteiger partial charge in [0.2, 0.25) is 0 Å². The first-order valence-corrected chi connectivity index (χ1v) is 7.72. The number of amides is 2. The van der Waals surface area contributed by atoms with Crippen molar-refractivity contribution in [2.24, 2.45) is 11.8 Å². The number of nitrogens with one attached hydrogen (secondary N) is 1. The predicted molar refractivity (Wildman–Crippen MR) is 84.6 cm³/mol. The minimum Gasteiger partial charge on any atom is -0.481 e. The lowest BCUT2D eigenvalue weighted by Gasteiger charge is -2.35. The summed E-state index contributed by atoms with van der Waals surface area (Å²) < 4.78 is 0. The van der Waals surface area contributed by atoms with Crippen LogP contribution in [-0.4, -0.2) is 35.1 Å². The van der Waals surface area contributed by atoms with Crippen LogP contribution in [0.1, 0.15) is 37.4 Å². The summed E-state index contributed by atoms with van der Waals surface area (Å²) in [6.07, 6.45) is 0.631. The molecule has 0 radical (unpaired) electrons. The van der Waals surface area contributed by atoms with Crippen molar-refractivity contribution in [3.63, 3.8) is 0 Å². The van der Waals surface area contributed by atoms with Crippen LogP contribution in [0.25, 0.3) is 0 Å². The molecule has 120 valence electrons. The maximum atomic E-state index is 12.4. The molecule has 0 spiro atoms. The third kappa shape index (κ3) is 3.78. The molecule has 2 amide bonds. The molecular formula is C17H24N2O3. The van der Waals surface area contributed by atoms with E-state index in [1.807, 2.05) is 45.0 Å². The number of likely N-dealkylation sites (tertiary alicyclic amines) is 1. The lowest BCUT2D eigenvalue weighted by molar-refractivity contribution is -0.143. The number of nitrogens with zero attached hydrogens (tertiary/aromatic N) is 1. The van der Waals surface area contributed by atoms with Gasteiger partial charge in [-0.05, 0) is 37.3 Å². The molecular weight excluding hydrogens is 280 g/mol. The Labute approximate surface area is 131 Å². The van der Waals surface area contributed by atoms with Crippen LogP contribution < -0.4 is 5.32 Å². The molecule has 0 saturated carbocycles. The number of hydrogen-bond donors (Lipinski definition) is 2. The molecule has 2 N–H and O–H groups in total. The fourth-order valence-electron chi connectivity index (χ4n) is 3.12. The highest BCUT2D eigenvalue weighted by Gasteiger charge is 2.32. The molecule has 0 bridgehead atoms. The average Bonchev–Trinajstić information content (AvgIpc) is 2.46. The Kier molecular flexibility index (Phi) is 5.06. The molecule has 2 rings (SSSR count). The van der Waals surface area contributed by atoms with E-state index < -0.39 is 11.9 Å². The van der Waals surface area contributed by atoms with E-state index in [-0.39, 0.29) is 24.5 Å². The first-order chi connectivity index (χ1) is 10.4. The second-order valence-corrected chi connectivity index (χ2v) is 6.31. The Morgan fingerprint density at radius 3 is 2.64 bits per heavy atom. The Bertz CT molecular complexity index is 559. The third-order valence-corrected chi connectivity index (χ3v) is 4.29. The number of rotatable bonds is 3. The van der Waals surface area contributed by atoms with Crippen LogP contribution in [0.15, 0.2) is 24.3 Å². The number of carboxylic acids is 1. The molecule has 1 aromatic rings. The largest absolute Gasteiger partial charge is 0.481 e. The van der Waals surface area contributed by atoms with Gasteiger partial charge < -0.3 is 15.3 Å². The first kappa shape index (κ1) is 16.3. The van der Waals surface area contributed by atoms with Gasteiger partial charge in [0.05, 0.1) is 12.0 Å². The monoisotopic (exact) mass is 304 g/mol. The van der Waals surface area contributed by atoms with E-state index in [1.54, 1.807) is 4.90 Å². The van der Waals surface area contributed by atoms with Crippen LogP contribution >= 0.6 is 0 Å². The van der Waals surface area contributed by atoms with Gasteiger partial charge in [0.15, 0.2) is 0 Å². The zero-order valence-corrected chi connectivity index (χ0v) is 13.4. The molecule has 0 aliphatic carbocycles. The molecule has 1 fully saturated rings. The number of benzene rings is 1. The van der Waals surface area contributed by atoms with Crippen LogP contribution in [0.5, 0.6) is 0 Å². The second-order valence-electron chi connectivity index (χ2n) is 6.31. The van der Waals surface area contributed by atoms with Crippen molar-refractivity contribution in [1.82, 2.24) is 10.2 Å². The molecule has 1 saturated heterocycles. The molecule has 0 aromatic heterocycles. The standard InChI is InChI=1S/C17H24N2O3/c1-11-8-14(16(20)21)10-19(9-11)17(22)18-13(3)15-7-5-4-6-12(15)2/h4-7,11,13-14H,8-10H2,1-3H3,(H,18,22)(H,20,21). The SMILES string of the molecule is Cc1ccccc1C(C)NC(=O)N1CC(C)CC(C(=O)O)C1. The number of aryl methyl sites for hydroxylation is 1. The van der Waals surface area contributed by atoms with E-state index in [9.17, 15) is 14.7 Å². The van der Waals surface area contributed by atoms with E-state index >= 15 is 0 Å².